The first-order valence-electron chi connectivity index (χ1n) is 7.42. The SMILES string of the molecule is CC(CNC(=O)NCC1(O)CCOCC1)Cc1cccs1. The zero-order valence-electron chi connectivity index (χ0n) is 12.4. The van der Waals surface area contributed by atoms with Crippen LogP contribution >= 0.6 is 11.3 Å². The summed E-state index contributed by atoms with van der Waals surface area (Å²) in [5.41, 5.74) is -0.821. The third kappa shape index (κ3) is 5.65. The fourth-order valence-electron chi connectivity index (χ4n) is 2.35. The molecule has 2 amide bonds. The first-order valence-corrected chi connectivity index (χ1v) is 8.30. The Morgan fingerprint density at radius 2 is 2.24 bits per heavy atom. The summed E-state index contributed by atoms with van der Waals surface area (Å²) in [4.78, 5) is 13.1. The summed E-state index contributed by atoms with van der Waals surface area (Å²) in [6.45, 7) is 4.13. The van der Waals surface area contributed by atoms with Crippen molar-refractivity contribution in [3.63, 3.8) is 0 Å². The molecule has 3 N–H and O–H groups in total. The van der Waals surface area contributed by atoms with Gasteiger partial charge in [-0.2, -0.15) is 0 Å². The zero-order valence-corrected chi connectivity index (χ0v) is 13.2. The molecule has 1 aromatic rings. The van der Waals surface area contributed by atoms with E-state index < -0.39 is 5.60 Å². The molecule has 0 aliphatic carbocycles. The number of carbonyl (C=O) groups is 1. The third-order valence-electron chi connectivity index (χ3n) is 3.74. The van der Waals surface area contributed by atoms with Crippen LogP contribution in [0.15, 0.2) is 17.5 Å². The molecule has 1 aliphatic rings. The van der Waals surface area contributed by atoms with E-state index in [1.54, 1.807) is 11.3 Å². The predicted octanol–water partition coefficient (Wildman–Crippen LogP) is 1.77. The first kappa shape index (κ1) is 16.3. The molecule has 0 bridgehead atoms. The van der Waals surface area contributed by atoms with E-state index in [0.717, 1.165) is 6.42 Å². The van der Waals surface area contributed by atoms with E-state index in [1.165, 1.54) is 4.88 Å². The van der Waals surface area contributed by atoms with Crippen molar-refractivity contribution in [2.24, 2.45) is 5.92 Å². The number of hydrogen-bond donors (Lipinski definition) is 3. The highest BCUT2D eigenvalue weighted by Crippen LogP contribution is 2.19. The monoisotopic (exact) mass is 312 g/mol. The quantitative estimate of drug-likeness (QED) is 0.750. The van der Waals surface area contributed by atoms with Crippen LogP contribution < -0.4 is 10.6 Å². The standard InChI is InChI=1S/C15H24N2O3S/c1-12(9-13-3-2-8-21-13)10-16-14(18)17-11-15(19)4-6-20-7-5-15/h2-3,8,12,19H,4-7,9-11H2,1H3,(H2,16,17,18). The average molecular weight is 312 g/mol. The van der Waals surface area contributed by atoms with Crippen molar-refractivity contribution in [3.8, 4) is 0 Å². The van der Waals surface area contributed by atoms with Gasteiger partial charge in [0.05, 0.1) is 5.60 Å². The lowest BCUT2D eigenvalue weighted by molar-refractivity contribution is -0.0600. The molecule has 5 nitrogen and oxygen atoms in total. The summed E-state index contributed by atoms with van der Waals surface area (Å²) in [7, 11) is 0. The van der Waals surface area contributed by atoms with Gasteiger partial charge in [0.1, 0.15) is 0 Å². The maximum Gasteiger partial charge on any atom is 0.314 e. The summed E-state index contributed by atoms with van der Waals surface area (Å²) in [5.74, 6) is 0.389. The molecular formula is C15H24N2O3S. The van der Waals surface area contributed by atoms with E-state index in [4.69, 9.17) is 4.74 Å². The van der Waals surface area contributed by atoms with E-state index in [2.05, 4.69) is 29.0 Å². The Hall–Kier alpha value is -1.11. The molecule has 0 aromatic carbocycles. The van der Waals surface area contributed by atoms with Crippen LogP contribution in [-0.4, -0.2) is 43.0 Å². The van der Waals surface area contributed by atoms with Crippen LogP contribution in [0.4, 0.5) is 4.79 Å². The number of ether oxygens (including phenoxy) is 1. The van der Waals surface area contributed by atoms with Crippen molar-refractivity contribution in [2.45, 2.75) is 31.8 Å². The van der Waals surface area contributed by atoms with Crippen LogP contribution in [0.25, 0.3) is 0 Å². The Balaban J connectivity index is 1.62. The summed E-state index contributed by atoms with van der Waals surface area (Å²) in [5, 5.41) is 17.9. The second kappa shape index (κ2) is 7.77. The van der Waals surface area contributed by atoms with Crippen LogP contribution in [0.1, 0.15) is 24.6 Å². The second-order valence-corrected chi connectivity index (χ2v) is 6.82. The number of rotatable bonds is 6. The number of nitrogens with one attached hydrogen (secondary N) is 2. The molecule has 0 spiro atoms. The van der Waals surface area contributed by atoms with Crippen molar-refractivity contribution >= 4 is 17.4 Å². The summed E-state index contributed by atoms with van der Waals surface area (Å²) >= 11 is 1.74. The molecule has 6 heteroatoms. The van der Waals surface area contributed by atoms with Gasteiger partial charge in [0.25, 0.3) is 0 Å². The highest BCUT2D eigenvalue weighted by Gasteiger charge is 2.30. The lowest BCUT2D eigenvalue weighted by atomic mass is 9.94. The number of urea groups is 1. The Labute approximate surface area is 129 Å². The Morgan fingerprint density at radius 3 is 2.90 bits per heavy atom. The van der Waals surface area contributed by atoms with Crippen molar-refractivity contribution in [2.75, 3.05) is 26.3 Å². The van der Waals surface area contributed by atoms with E-state index in [1.807, 2.05) is 6.07 Å². The second-order valence-electron chi connectivity index (χ2n) is 5.79. The molecule has 1 saturated heterocycles. The molecule has 2 heterocycles. The number of aliphatic hydroxyl groups is 1. The maximum atomic E-state index is 11.8. The molecule has 21 heavy (non-hydrogen) atoms. The molecule has 1 atom stereocenters. The Bertz CT molecular complexity index is 430. The summed E-state index contributed by atoms with van der Waals surface area (Å²) in [6.07, 6.45) is 2.11. The Morgan fingerprint density at radius 1 is 1.48 bits per heavy atom. The number of hydrogen-bond acceptors (Lipinski definition) is 4. The lowest BCUT2D eigenvalue weighted by Gasteiger charge is -2.32. The first-order chi connectivity index (χ1) is 10.1. The minimum atomic E-state index is -0.821. The highest BCUT2D eigenvalue weighted by atomic mass is 32.1. The average Bonchev–Trinajstić information content (AvgIpc) is 2.97. The summed E-state index contributed by atoms with van der Waals surface area (Å²) < 4.78 is 5.21. The Kier molecular flexibility index (Phi) is 6.02. The smallest absolute Gasteiger partial charge is 0.314 e. The number of thiophene rings is 1. The third-order valence-corrected chi connectivity index (χ3v) is 4.64. The van der Waals surface area contributed by atoms with Crippen LogP contribution in [0, 0.1) is 5.92 Å². The fourth-order valence-corrected chi connectivity index (χ4v) is 3.22. The van der Waals surface area contributed by atoms with E-state index in [-0.39, 0.29) is 12.6 Å². The van der Waals surface area contributed by atoms with E-state index in [0.29, 0.717) is 38.5 Å². The van der Waals surface area contributed by atoms with Gasteiger partial charge in [0.15, 0.2) is 0 Å². The van der Waals surface area contributed by atoms with E-state index in [9.17, 15) is 9.90 Å². The van der Waals surface area contributed by atoms with Gasteiger partial charge in [-0.1, -0.05) is 13.0 Å². The van der Waals surface area contributed by atoms with Gasteiger partial charge in [-0.15, -0.1) is 11.3 Å². The van der Waals surface area contributed by atoms with Crippen molar-refractivity contribution in [1.82, 2.24) is 10.6 Å². The number of carbonyl (C=O) groups excluding carboxylic acids is 1. The molecule has 2 rings (SSSR count). The largest absolute Gasteiger partial charge is 0.388 e. The minimum Gasteiger partial charge on any atom is -0.388 e. The fraction of sp³-hybridized carbons (Fsp3) is 0.667. The molecule has 118 valence electrons. The van der Waals surface area contributed by atoms with Gasteiger partial charge in [-0.3, -0.25) is 0 Å². The van der Waals surface area contributed by atoms with Gasteiger partial charge in [0, 0.05) is 44.0 Å². The van der Waals surface area contributed by atoms with Crippen molar-refractivity contribution < 1.29 is 14.6 Å². The molecule has 1 fully saturated rings. The molecule has 1 aliphatic heterocycles. The minimum absolute atomic E-state index is 0.215. The van der Waals surface area contributed by atoms with E-state index >= 15 is 0 Å². The zero-order chi connectivity index (χ0) is 15.1. The van der Waals surface area contributed by atoms with Crippen LogP contribution in [0.5, 0.6) is 0 Å². The van der Waals surface area contributed by atoms with Gasteiger partial charge in [-0.05, 0) is 23.8 Å². The van der Waals surface area contributed by atoms with Gasteiger partial charge in [-0.25, -0.2) is 4.79 Å². The van der Waals surface area contributed by atoms with Crippen molar-refractivity contribution in [3.05, 3.63) is 22.4 Å². The highest BCUT2D eigenvalue weighted by molar-refractivity contribution is 7.09. The van der Waals surface area contributed by atoms with Gasteiger partial charge < -0.3 is 20.5 Å². The normalized spacial score (nSPS) is 19.0. The topological polar surface area (TPSA) is 70.6 Å². The summed E-state index contributed by atoms with van der Waals surface area (Å²) in [6, 6.07) is 3.94. The molecular weight excluding hydrogens is 288 g/mol. The predicted molar refractivity (Wildman–Crippen MR) is 83.6 cm³/mol. The number of amides is 2. The van der Waals surface area contributed by atoms with Crippen LogP contribution in [0.2, 0.25) is 0 Å². The van der Waals surface area contributed by atoms with Gasteiger partial charge in [0.2, 0.25) is 0 Å². The van der Waals surface area contributed by atoms with Crippen LogP contribution in [0.3, 0.4) is 0 Å². The lowest BCUT2D eigenvalue weighted by Crippen LogP contribution is -2.49. The molecule has 1 unspecified atom stereocenters. The van der Waals surface area contributed by atoms with Crippen molar-refractivity contribution in [1.29, 1.82) is 0 Å². The van der Waals surface area contributed by atoms with Crippen LogP contribution in [-0.2, 0) is 11.2 Å². The maximum absolute atomic E-state index is 11.8. The molecule has 0 radical (unpaired) electrons. The molecule has 1 aromatic heterocycles. The van der Waals surface area contributed by atoms with Gasteiger partial charge >= 0.3 is 6.03 Å². The molecule has 0 saturated carbocycles.